The van der Waals surface area contributed by atoms with Crippen LogP contribution in [0.25, 0.3) is 0 Å². The molecule has 1 aliphatic rings. The predicted molar refractivity (Wildman–Crippen MR) is 46.8 cm³/mol. The molecule has 72 valence electrons. The zero-order valence-corrected chi connectivity index (χ0v) is 7.19. The highest BCUT2D eigenvalue weighted by Crippen LogP contribution is 2.14. The van der Waals surface area contributed by atoms with E-state index in [1.807, 2.05) is 0 Å². The van der Waals surface area contributed by atoms with E-state index in [-0.39, 0.29) is 36.0 Å². The maximum absolute atomic E-state index is 11.2. The van der Waals surface area contributed by atoms with Gasteiger partial charge in [-0.25, -0.2) is 4.98 Å². The Morgan fingerprint density at radius 3 is 2.71 bits per heavy atom. The summed E-state index contributed by atoms with van der Waals surface area (Å²) in [6.45, 7) is 0.00921. The molecule has 0 bridgehead atoms. The fourth-order valence-electron chi connectivity index (χ4n) is 1.30. The van der Waals surface area contributed by atoms with Gasteiger partial charge in [0, 0.05) is 6.07 Å². The van der Waals surface area contributed by atoms with Gasteiger partial charge >= 0.3 is 0 Å². The minimum Gasteiger partial charge on any atom is -0.313 e. The molecule has 1 aromatic rings. The Morgan fingerprint density at radius 1 is 1.36 bits per heavy atom. The molecule has 1 aromatic heterocycles. The molecule has 14 heavy (non-hydrogen) atoms. The van der Waals surface area contributed by atoms with Crippen molar-refractivity contribution >= 4 is 17.5 Å². The number of hydrogen-bond donors (Lipinski definition) is 1. The second-order valence-corrected chi connectivity index (χ2v) is 2.96. The average Bonchev–Trinajstić information content (AvgIpc) is 2.45. The Bertz CT molecular complexity index is 451. The van der Waals surface area contributed by atoms with E-state index in [1.165, 1.54) is 17.3 Å². The van der Waals surface area contributed by atoms with E-state index in [2.05, 4.69) is 9.97 Å². The van der Waals surface area contributed by atoms with Crippen molar-refractivity contribution in [1.29, 1.82) is 0 Å². The third-order valence-corrected chi connectivity index (χ3v) is 1.92. The lowest BCUT2D eigenvalue weighted by molar-refractivity contribution is -0.121. The van der Waals surface area contributed by atoms with Gasteiger partial charge < -0.3 is 4.98 Å². The molecule has 1 aliphatic heterocycles. The SMILES string of the molecule is O=C1CC(=O)N(c2cc(=O)[nH]cn2)C1. The number of Topliss-reactive ketones (excluding diaryl/α,β-unsaturated/α-hetero) is 1. The van der Waals surface area contributed by atoms with Gasteiger partial charge in [0.1, 0.15) is 5.82 Å². The quantitative estimate of drug-likeness (QED) is 0.584. The van der Waals surface area contributed by atoms with Crippen LogP contribution >= 0.6 is 0 Å². The fraction of sp³-hybridized carbons (Fsp3) is 0.250. The van der Waals surface area contributed by atoms with Crippen molar-refractivity contribution in [1.82, 2.24) is 9.97 Å². The minimum atomic E-state index is -0.345. The monoisotopic (exact) mass is 193 g/mol. The summed E-state index contributed by atoms with van der Waals surface area (Å²) in [7, 11) is 0. The van der Waals surface area contributed by atoms with Crippen LogP contribution in [-0.2, 0) is 9.59 Å². The molecule has 0 radical (unpaired) electrons. The molecular weight excluding hydrogens is 186 g/mol. The van der Waals surface area contributed by atoms with Crippen LogP contribution in [0.5, 0.6) is 0 Å². The molecule has 0 saturated carbocycles. The van der Waals surface area contributed by atoms with Crippen molar-refractivity contribution in [2.75, 3.05) is 11.4 Å². The van der Waals surface area contributed by atoms with Gasteiger partial charge in [-0.3, -0.25) is 19.3 Å². The van der Waals surface area contributed by atoms with Crippen LogP contribution in [-0.4, -0.2) is 28.2 Å². The van der Waals surface area contributed by atoms with Gasteiger partial charge in [-0.15, -0.1) is 0 Å². The number of rotatable bonds is 1. The number of carbonyl (C=O) groups excluding carboxylic acids is 2. The first-order valence-corrected chi connectivity index (χ1v) is 4.03. The Balaban J connectivity index is 2.36. The molecule has 0 spiro atoms. The maximum atomic E-state index is 11.2. The van der Waals surface area contributed by atoms with Crippen molar-refractivity contribution in [3.8, 4) is 0 Å². The Morgan fingerprint density at radius 2 is 2.14 bits per heavy atom. The van der Waals surface area contributed by atoms with E-state index < -0.39 is 0 Å². The largest absolute Gasteiger partial charge is 0.313 e. The number of amides is 1. The van der Waals surface area contributed by atoms with Gasteiger partial charge in [-0.05, 0) is 0 Å². The minimum absolute atomic E-state index is 0.00921. The lowest BCUT2D eigenvalue weighted by Gasteiger charge is -2.11. The van der Waals surface area contributed by atoms with Gasteiger partial charge in [0.05, 0.1) is 19.3 Å². The summed E-state index contributed by atoms with van der Waals surface area (Å²) in [6.07, 6.45) is 1.10. The number of nitrogens with zero attached hydrogens (tertiary/aromatic N) is 2. The smallest absolute Gasteiger partial charge is 0.252 e. The van der Waals surface area contributed by atoms with Crippen LogP contribution in [0.2, 0.25) is 0 Å². The van der Waals surface area contributed by atoms with Crippen LogP contribution in [0.1, 0.15) is 6.42 Å². The first-order valence-electron chi connectivity index (χ1n) is 4.03. The summed E-state index contributed by atoms with van der Waals surface area (Å²) in [5.74, 6) is -0.241. The number of ketones is 1. The molecule has 1 fully saturated rings. The van der Waals surface area contributed by atoms with Gasteiger partial charge in [-0.2, -0.15) is 0 Å². The summed E-state index contributed by atoms with van der Waals surface area (Å²) in [6, 6.07) is 1.19. The first kappa shape index (κ1) is 8.61. The van der Waals surface area contributed by atoms with Crippen molar-refractivity contribution in [3.05, 3.63) is 22.7 Å². The Kier molecular flexibility index (Phi) is 1.88. The van der Waals surface area contributed by atoms with E-state index in [1.54, 1.807) is 0 Å². The number of aromatic nitrogens is 2. The topological polar surface area (TPSA) is 83.1 Å². The van der Waals surface area contributed by atoms with Crippen molar-refractivity contribution in [2.24, 2.45) is 0 Å². The molecule has 1 N–H and O–H groups in total. The highest BCUT2D eigenvalue weighted by Gasteiger charge is 2.29. The van der Waals surface area contributed by atoms with Gasteiger partial charge in [0.25, 0.3) is 5.56 Å². The average molecular weight is 193 g/mol. The molecule has 1 amide bonds. The number of nitrogens with one attached hydrogen (secondary N) is 1. The van der Waals surface area contributed by atoms with Crippen LogP contribution in [0, 0.1) is 0 Å². The van der Waals surface area contributed by atoms with Crippen LogP contribution < -0.4 is 10.5 Å². The second kappa shape index (κ2) is 3.06. The molecule has 6 heteroatoms. The number of hydrogen-bond acceptors (Lipinski definition) is 4. The van der Waals surface area contributed by atoms with Gasteiger partial charge in [0.15, 0.2) is 5.78 Å². The molecule has 0 aliphatic carbocycles. The summed E-state index contributed by atoms with van der Waals surface area (Å²) >= 11 is 0. The van der Waals surface area contributed by atoms with Crippen molar-refractivity contribution in [2.45, 2.75) is 6.42 Å². The Hall–Kier alpha value is -1.98. The summed E-state index contributed by atoms with van der Waals surface area (Å²) in [5.41, 5.74) is -0.345. The maximum Gasteiger partial charge on any atom is 0.252 e. The lowest BCUT2D eigenvalue weighted by atomic mass is 10.3. The summed E-state index contributed by atoms with van der Waals surface area (Å²) < 4.78 is 0. The summed E-state index contributed by atoms with van der Waals surface area (Å²) in [5, 5.41) is 0. The van der Waals surface area contributed by atoms with E-state index in [4.69, 9.17) is 0 Å². The zero-order chi connectivity index (χ0) is 10.1. The number of anilines is 1. The second-order valence-electron chi connectivity index (χ2n) is 2.96. The molecule has 0 aromatic carbocycles. The predicted octanol–water partition coefficient (Wildman–Crippen LogP) is -0.924. The van der Waals surface area contributed by atoms with Gasteiger partial charge in [0.2, 0.25) is 5.91 Å². The van der Waals surface area contributed by atoms with E-state index in [9.17, 15) is 14.4 Å². The van der Waals surface area contributed by atoms with Crippen molar-refractivity contribution < 1.29 is 9.59 Å². The van der Waals surface area contributed by atoms with E-state index in [0.29, 0.717) is 0 Å². The first-order chi connectivity index (χ1) is 6.66. The third-order valence-electron chi connectivity index (χ3n) is 1.92. The standard InChI is InChI=1S/C8H7N3O3/c12-5-1-8(14)11(3-5)6-2-7(13)10-4-9-6/h2,4H,1,3H2,(H,9,10,13). The molecule has 6 nitrogen and oxygen atoms in total. The highest BCUT2D eigenvalue weighted by atomic mass is 16.2. The fourth-order valence-corrected chi connectivity index (χ4v) is 1.30. The Labute approximate surface area is 78.6 Å². The van der Waals surface area contributed by atoms with Crippen molar-refractivity contribution in [3.63, 3.8) is 0 Å². The highest BCUT2D eigenvalue weighted by molar-refractivity contribution is 6.14. The molecule has 0 atom stereocenters. The molecule has 1 saturated heterocycles. The van der Waals surface area contributed by atoms with E-state index in [0.717, 1.165) is 0 Å². The molecule has 2 heterocycles. The third kappa shape index (κ3) is 1.41. The lowest BCUT2D eigenvalue weighted by Crippen LogP contribution is -2.27. The normalized spacial score (nSPS) is 16.4. The summed E-state index contributed by atoms with van der Waals surface area (Å²) in [4.78, 5) is 40.5. The van der Waals surface area contributed by atoms with Crippen LogP contribution in [0.15, 0.2) is 17.2 Å². The molecule has 2 rings (SSSR count). The molecular formula is C8H7N3O3. The number of aromatic amines is 1. The number of H-pyrrole nitrogens is 1. The van der Waals surface area contributed by atoms with E-state index >= 15 is 0 Å². The zero-order valence-electron chi connectivity index (χ0n) is 7.19. The molecule has 0 unspecified atom stereocenters. The van der Waals surface area contributed by atoms with Crippen LogP contribution in [0.3, 0.4) is 0 Å². The number of carbonyl (C=O) groups is 2. The van der Waals surface area contributed by atoms with Gasteiger partial charge in [-0.1, -0.05) is 0 Å². The van der Waals surface area contributed by atoms with Crippen LogP contribution in [0.4, 0.5) is 5.82 Å².